The minimum atomic E-state index is -0.532. The Kier molecular flexibility index (Phi) is 7.62. The van der Waals surface area contributed by atoms with Gasteiger partial charge in [-0.2, -0.15) is 0 Å². The highest BCUT2D eigenvalue weighted by atomic mass is 79.9. The lowest BCUT2D eigenvalue weighted by molar-refractivity contribution is -0.148. The van der Waals surface area contributed by atoms with Crippen molar-refractivity contribution in [2.24, 2.45) is 0 Å². The molecule has 1 aliphatic heterocycles. The van der Waals surface area contributed by atoms with E-state index in [0.29, 0.717) is 46.2 Å². The summed E-state index contributed by atoms with van der Waals surface area (Å²) in [6.07, 6.45) is -0.0219. The quantitative estimate of drug-likeness (QED) is 0.564. The van der Waals surface area contributed by atoms with Gasteiger partial charge in [0, 0.05) is 4.47 Å². The van der Waals surface area contributed by atoms with E-state index in [9.17, 15) is 9.59 Å². The van der Waals surface area contributed by atoms with Crippen LogP contribution in [-0.2, 0) is 20.7 Å². The number of ether oxygens (including phenoxy) is 5. The summed E-state index contributed by atoms with van der Waals surface area (Å²) in [5, 5.41) is 2.81. The van der Waals surface area contributed by atoms with Crippen LogP contribution in [0, 0.1) is 0 Å². The smallest absolute Gasteiger partial charge is 0.310 e. The van der Waals surface area contributed by atoms with Gasteiger partial charge < -0.3 is 29.0 Å². The molecule has 2 aromatic rings. The van der Waals surface area contributed by atoms with Gasteiger partial charge in [-0.3, -0.25) is 9.59 Å². The predicted molar refractivity (Wildman–Crippen MR) is 116 cm³/mol. The molecule has 3 rings (SSSR count). The molecule has 1 N–H and O–H groups in total. The summed E-state index contributed by atoms with van der Waals surface area (Å²) in [6, 6.07) is 8.62. The second kappa shape index (κ2) is 10.4. The van der Waals surface area contributed by atoms with E-state index in [-0.39, 0.29) is 19.1 Å². The van der Waals surface area contributed by atoms with E-state index in [1.165, 1.54) is 14.2 Å². The molecule has 0 spiro atoms. The van der Waals surface area contributed by atoms with Crippen molar-refractivity contribution in [1.82, 2.24) is 5.32 Å². The molecule has 1 atom stereocenters. The van der Waals surface area contributed by atoms with Gasteiger partial charge in [-0.1, -0.05) is 22.0 Å². The number of nitrogens with one attached hydrogen (secondary N) is 1. The van der Waals surface area contributed by atoms with Crippen molar-refractivity contribution in [3.8, 4) is 23.0 Å². The number of methoxy groups -OCH3 is 2. The Morgan fingerprint density at radius 1 is 1.06 bits per heavy atom. The maximum Gasteiger partial charge on any atom is 0.310 e. The molecule has 166 valence electrons. The topological polar surface area (TPSA) is 92.3 Å². The number of esters is 1. The molecular weight excluding hydrogens is 470 g/mol. The van der Waals surface area contributed by atoms with Crippen molar-refractivity contribution in [2.45, 2.75) is 19.4 Å². The molecule has 0 saturated heterocycles. The Balaban J connectivity index is 1.52. The van der Waals surface area contributed by atoms with E-state index in [1.807, 2.05) is 25.1 Å². The summed E-state index contributed by atoms with van der Waals surface area (Å²) in [4.78, 5) is 24.4. The third kappa shape index (κ3) is 5.81. The Hall–Kier alpha value is -2.94. The van der Waals surface area contributed by atoms with Gasteiger partial charge >= 0.3 is 5.97 Å². The fraction of sp³-hybridized carbons (Fsp3) is 0.364. The van der Waals surface area contributed by atoms with Crippen LogP contribution in [0.5, 0.6) is 23.0 Å². The molecule has 8 nitrogen and oxygen atoms in total. The van der Waals surface area contributed by atoms with Gasteiger partial charge in [-0.05, 0) is 42.3 Å². The summed E-state index contributed by atoms with van der Waals surface area (Å²) < 4.78 is 27.4. The third-order valence-electron chi connectivity index (χ3n) is 4.70. The van der Waals surface area contributed by atoms with Crippen LogP contribution in [0.3, 0.4) is 0 Å². The van der Waals surface area contributed by atoms with E-state index in [0.717, 1.165) is 5.56 Å². The molecule has 1 unspecified atom stereocenters. The number of carbonyl (C=O) groups is 2. The van der Waals surface area contributed by atoms with Gasteiger partial charge in [-0.25, -0.2) is 0 Å². The largest absolute Gasteiger partial charge is 0.493 e. The first-order chi connectivity index (χ1) is 14.9. The average molecular weight is 494 g/mol. The number of rotatable bonds is 8. The Labute approximate surface area is 188 Å². The highest BCUT2D eigenvalue weighted by Gasteiger charge is 2.18. The number of halogens is 1. The van der Waals surface area contributed by atoms with Crippen LogP contribution < -0.4 is 24.3 Å². The zero-order valence-corrected chi connectivity index (χ0v) is 19.1. The number of amides is 1. The molecular formula is C22H24BrNO7. The molecule has 0 bridgehead atoms. The van der Waals surface area contributed by atoms with E-state index < -0.39 is 11.9 Å². The molecule has 2 aromatic carbocycles. The number of fused-ring (bicyclic) bond motifs is 1. The van der Waals surface area contributed by atoms with E-state index in [4.69, 9.17) is 23.7 Å². The highest BCUT2D eigenvalue weighted by Crippen LogP contribution is 2.34. The third-order valence-corrected chi connectivity index (χ3v) is 5.43. The van der Waals surface area contributed by atoms with Crippen molar-refractivity contribution >= 4 is 27.8 Å². The highest BCUT2D eigenvalue weighted by molar-refractivity contribution is 9.10. The lowest BCUT2D eigenvalue weighted by Gasteiger charge is -2.21. The number of hydrogen-bond donors (Lipinski definition) is 1. The van der Waals surface area contributed by atoms with Crippen LogP contribution in [0.1, 0.15) is 24.1 Å². The maximum absolute atomic E-state index is 12.2. The van der Waals surface area contributed by atoms with Gasteiger partial charge in [-0.15, -0.1) is 0 Å². The average Bonchev–Trinajstić information content (AvgIpc) is 2.78. The van der Waals surface area contributed by atoms with Crippen LogP contribution in [0.2, 0.25) is 0 Å². The first kappa shape index (κ1) is 22.7. The summed E-state index contributed by atoms with van der Waals surface area (Å²) >= 11 is 3.40. The van der Waals surface area contributed by atoms with E-state index in [1.54, 1.807) is 12.1 Å². The molecule has 1 amide bonds. The number of hydrogen-bond acceptors (Lipinski definition) is 7. The molecule has 0 aliphatic carbocycles. The van der Waals surface area contributed by atoms with Crippen molar-refractivity contribution in [2.75, 3.05) is 34.0 Å². The Morgan fingerprint density at radius 2 is 1.74 bits per heavy atom. The van der Waals surface area contributed by atoms with E-state index in [2.05, 4.69) is 21.2 Å². The lowest BCUT2D eigenvalue weighted by atomic mass is 10.1. The summed E-state index contributed by atoms with van der Waals surface area (Å²) in [6.45, 7) is 2.47. The SMILES string of the molecule is COc1cc(Br)c(CC(=O)OCC(=O)NC(C)c2ccc3c(c2)OCCO3)cc1OC. The Morgan fingerprint density at radius 3 is 2.45 bits per heavy atom. The van der Waals surface area contributed by atoms with Gasteiger partial charge in [0.1, 0.15) is 13.2 Å². The van der Waals surface area contributed by atoms with Crippen LogP contribution >= 0.6 is 15.9 Å². The minimum absolute atomic E-state index is 0.0219. The van der Waals surface area contributed by atoms with Crippen LogP contribution in [0.4, 0.5) is 0 Å². The predicted octanol–water partition coefficient (Wildman–Crippen LogP) is 3.20. The summed E-state index contributed by atoms with van der Waals surface area (Å²) in [7, 11) is 3.05. The van der Waals surface area contributed by atoms with Crippen LogP contribution in [0.25, 0.3) is 0 Å². The molecule has 1 aliphatic rings. The molecule has 9 heteroatoms. The van der Waals surface area contributed by atoms with Crippen molar-refractivity contribution in [3.05, 3.63) is 45.9 Å². The standard InChI is InChI=1S/C22H24BrNO7/c1-13(14-4-5-17-20(8-14)30-7-6-29-17)24-21(25)12-31-22(26)10-15-9-18(27-2)19(28-3)11-16(15)23/h4-5,8-9,11,13H,6-7,10,12H2,1-3H3,(H,24,25). The van der Waals surface area contributed by atoms with Gasteiger partial charge in [0.05, 0.1) is 26.7 Å². The molecule has 31 heavy (non-hydrogen) atoms. The second-order valence-corrected chi connectivity index (χ2v) is 7.68. The van der Waals surface area contributed by atoms with Crippen molar-refractivity contribution in [3.63, 3.8) is 0 Å². The fourth-order valence-electron chi connectivity index (χ4n) is 3.08. The minimum Gasteiger partial charge on any atom is -0.493 e. The zero-order valence-electron chi connectivity index (χ0n) is 17.5. The zero-order chi connectivity index (χ0) is 22.4. The molecule has 1 heterocycles. The summed E-state index contributed by atoms with van der Waals surface area (Å²) in [5.74, 6) is 1.44. The lowest BCUT2D eigenvalue weighted by Crippen LogP contribution is -2.31. The van der Waals surface area contributed by atoms with Crippen molar-refractivity contribution < 1.29 is 33.3 Å². The van der Waals surface area contributed by atoms with Crippen LogP contribution in [0.15, 0.2) is 34.8 Å². The fourth-order valence-corrected chi connectivity index (χ4v) is 3.54. The first-order valence-electron chi connectivity index (χ1n) is 9.66. The number of carbonyl (C=O) groups excluding carboxylic acids is 2. The second-order valence-electron chi connectivity index (χ2n) is 6.83. The van der Waals surface area contributed by atoms with Crippen molar-refractivity contribution in [1.29, 1.82) is 0 Å². The van der Waals surface area contributed by atoms with Gasteiger partial charge in [0.2, 0.25) is 0 Å². The molecule has 0 aromatic heterocycles. The van der Waals surface area contributed by atoms with Crippen LogP contribution in [-0.4, -0.2) is 45.9 Å². The molecule has 0 fully saturated rings. The molecule has 0 saturated carbocycles. The first-order valence-corrected chi connectivity index (χ1v) is 10.5. The summed E-state index contributed by atoms with van der Waals surface area (Å²) in [5.41, 5.74) is 1.52. The van der Waals surface area contributed by atoms with Gasteiger partial charge in [0.25, 0.3) is 5.91 Å². The number of benzene rings is 2. The maximum atomic E-state index is 12.2. The monoisotopic (exact) mass is 493 g/mol. The normalized spacial score (nSPS) is 13.2. The van der Waals surface area contributed by atoms with E-state index >= 15 is 0 Å². The Bertz CT molecular complexity index is 963. The van der Waals surface area contributed by atoms with Gasteiger partial charge in [0.15, 0.2) is 29.6 Å². The molecule has 0 radical (unpaired) electrons.